The molecular weight excluding hydrogens is 450 g/mol. The molecule has 0 spiro atoms. The van der Waals surface area contributed by atoms with Gasteiger partial charge in [-0.05, 0) is 43.5 Å². The smallest absolute Gasteiger partial charge is 0.0839 e. The van der Waals surface area contributed by atoms with Gasteiger partial charge in [-0.25, -0.2) is 0 Å². The van der Waals surface area contributed by atoms with E-state index in [1.165, 1.54) is 11.3 Å². The Morgan fingerprint density at radius 1 is 1.06 bits per heavy atom. The van der Waals surface area contributed by atoms with Gasteiger partial charge < -0.3 is 20.1 Å². The Morgan fingerprint density at radius 2 is 1.78 bits per heavy atom. The zero-order valence-electron chi connectivity index (χ0n) is 21.9. The molecule has 5 atom stereocenters. The first-order chi connectivity index (χ1) is 17.5. The summed E-state index contributed by atoms with van der Waals surface area (Å²) < 4.78 is 5.43. The third-order valence-electron chi connectivity index (χ3n) is 8.20. The molecule has 2 aromatic rings. The molecule has 1 fully saturated rings. The molecule has 0 aliphatic carbocycles. The summed E-state index contributed by atoms with van der Waals surface area (Å²) in [6.45, 7) is 13.5. The Kier molecular flexibility index (Phi) is 7.91. The van der Waals surface area contributed by atoms with Gasteiger partial charge in [0.15, 0.2) is 0 Å². The van der Waals surface area contributed by atoms with E-state index in [1.807, 2.05) is 0 Å². The normalized spacial score (nSPS) is 27.3. The van der Waals surface area contributed by atoms with Crippen LogP contribution in [0, 0.1) is 5.92 Å². The number of hydrazone groups is 1. The van der Waals surface area contributed by atoms with Gasteiger partial charge in [0.05, 0.1) is 42.8 Å². The van der Waals surface area contributed by atoms with Crippen molar-refractivity contribution in [3.05, 3.63) is 60.2 Å². The second-order valence-corrected chi connectivity index (χ2v) is 10.5. The topological polar surface area (TPSA) is 63.6 Å². The van der Waals surface area contributed by atoms with E-state index < -0.39 is 6.10 Å². The van der Waals surface area contributed by atoms with E-state index in [1.54, 1.807) is 0 Å². The van der Waals surface area contributed by atoms with Gasteiger partial charge >= 0.3 is 0 Å². The van der Waals surface area contributed by atoms with Crippen molar-refractivity contribution in [1.82, 2.24) is 10.2 Å². The maximum Gasteiger partial charge on any atom is 0.0839 e. The van der Waals surface area contributed by atoms with Crippen LogP contribution >= 0.6 is 0 Å². The molecule has 0 bridgehead atoms. The van der Waals surface area contributed by atoms with Crippen molar-refractivity contribution in [1.29, 1.82) is 0 Å². The largest absolute Gasteiger partial charge is 0.390 e. The molecule has 3 aliphatic rings. The maximum atomic E-state index is 11.1. The number of nitrogens with one attached hydrogen (secondary N) is 1. The van der Waals surface area contributed by atoms with Gasteiger partial charge in [-0.1, -0.05) is 43.3 Å². The minimum Gasteiger partial charge on any atom is -0.390 e. The van der Waals surface area contributed by atoms with Crippen LogP contribution in [0.15, 0.2) is 59.7 Å². The van der Waals surface area contributed by atoms with Crippen LogP contribution in [0.25, 0.3) is 0 Å². The number of nitrogens with zero attached hydrogens (tertiary/aromatic N) is 4. The lowest BCUT2D eigenvalue weighted by atomic mass is 9.79. The van der Waals surface area contributed by atoms with Gasteiger partial charge in [0.1, 0.15) is 0 Å². The number of hydrogen-bond donors (Lipinski definition) is 2. The lowest BCUT2D eigenvalue weighted by Crippen LogP contribution is -2.47. The average Bonchev–Trinajstić information content (AvgIpc) is 3.19. The number of hydrogen-bond acceptors (Lipinski definition) is 7. The fourth-order valence-corrected chi connectivity index (χ4v) is 6.15. The number of ether oxygens (including phenoxy) is 1. The van der Waals surface area contributed by atoms with Gasteiger partial charge in [-0.3, -0.25) is 9.91 Å². The molecule has 3 aliphatic heterocycles. The Labute approximate surface area is 215 Å². The molecule has 0 saturated carbocycles. The van der Waals surface area contributed by atoms with Crippen LogP contribution in [0.4, 0.5) is 11.4 Å². The third kappa shape index (κ3) is 5.16. The van der Waals surface area contributed by atoms with Crippen molar-refractivity contribution in [2.75, 3.05) is 62.4 Å². The number of aliphatic hydroxyl groups is 1. The van der Waals surface area contributed by atoms with Crippen LogP contribution in [0.2, 0.25) is 0 Å². The zero-order chi connectivity index (χ0) is 25.1. The highest BCUT2D eigenvalue weighted by atomic mass is 16.5. The van der Waals surface area contributed by atoms with E-state index in [9.17, 15) is 5.11 Å². The molecule has 2 unspecified atom stereocenters. The number of β-amino-alcohol motifs (C(OH)–C–C–N with tert-alkyl or cyclic N) is 1. The lowest BCUT2D eigenvalue weighted by molar-refractivity contribution is 0.0380. The van der Waals surface area contributed by atoms with Crippen molar-refractivity contribution in [2.24, 2.45) is 11.0 Å². The Hall–Kier alpha value is -2.45. The van der Waals surface area contributed by atoms with Gasteiger partial charge in [0.2, 0.25) is 0 Å². The monoisotopic (exact) mass is 491 g/mol. The number of anilines is 2. The molecule has 2 aromatic carbocycles. The molecule has 0 aromatic heterocycles. The Bertz CT molecular complexity index is 1030. The maximum absolute atomic E-state index is 11.1. The highest BCUT2D eigenvalue weighted by Gasteiger charge is 2.47. The molecule has 3 heterocycles. The molecule has 5 rings (SSSR count). The van der Waals surface area contributed by atoms with Crippen LogP contribution < -0.4 is 15.2 Å². The number of fused-ring (bicyclic) bond motifs is 3. The van der Waals surface area contributed by atoms with E-state index in [4.69, 9.17) is 9.84 Å². The van der Waals surface area contributed by atoms with E-state index >= 15 is 0 Å². The summed E-state index contributed by atoms with van der Waals surface area (Å²) >= 11 is 0. The summed E-state index contributed by atoms with van der Waals surface area (Å²) in [4.78, 5) is 4.82. The minimum absolute atomic E-state index is 0.136. The van der Waals surface area contributed by atoms with Crippen molar-refractivity contribution in [2.45, 2.75) is 44.9 Å². The van der Waals surface area contributed by atoms with Crippen LogP contribution in [0.1, 0.15) is 32.3 Å². The number of rotatable bonds is 8. The van der Waals surface area contributed by atoms with E-state index in [0.29, 0.717) is 24.9 Å². The summed E-state index contributed by atoms with van der Waals surface area (Å²) in [5, 5.41) is 21.9. The third-order valence-corrected chi connectivity index (χ3v) is 8.20. The summed E-state index contributed by atoms with van der Waals surface area (Å²) in [5.41, 5.74) is 4.84. The van der Waals surface area contributed by atoms with E-state index in [-0.39, 0.29) is 12.1 Å². The molecule has 1 saturated heterocycles. The average molecular weight is 492 g/mol. The standard InChI is InChI=1S/C29H41N5O2/c1-21-23(3)34(24-9-5-4-6-10-24)31-22(2)29-28(21)26-11-7-8-12-27(26)33(29)20-25(35)19-30-13-14-32-15-17-36-18-16-32/h4-12,21,23,25,28-30,35H,13-20H2,1-3H3/t21-,23+,25?,28+,29?/m1/s1. The number of benzene rings is 2. The second kappa shape index (κ2) is 11.3. The summed E-state index contributed by atoms with van der Waals surface area (Å²) in [6.07, 6.45) is -0.462. The first-order valence-corrected chi connectivity index (χ1v) is 13.5. The quantitative estimate of drug-likeness (QED) is 0.553. The van der Waals surface area contributed by atoms with Crippen molar-refractivity contribution in [3.63, 3.8) is 0 Å². The minimum atomic E-state index is -0.462. The molecule has 194 valence electrons. The predicted octanol–water partition coefficient (Wildman–Crippen LogP) is 3.16. The first kappa shape index (κ1) is 25.2. The van der Waals surface area contributed by atoms with Gasteiger partial charge in [-0.15, -0.1) is 0 Å². The highest BCUT2D eigenvalue weighted by Crippen LogP contribution is 2.48. The van der Waals surface area contributed by atoms with Crippen molar-refractivity contribution in [3.8, 4) is 0 Å². The number of para-hydroxylation sites is 2. The van der Waals surface area contributed by atoms with Crippen LogP contribution in [-0.2, 0) is 4.74 Å². The molecule has 7 heteroatoms. The molecular formula is C29H41N5O2. The Balaban J connectivity index is 1.32. The molecule has 0 amide bonds. The predicted molar refractivity (Wildman–Crippen MR) is 147 cm³/mol. The van der Waals surface area contributed by atoms with Crippen molar-refractivity contribution < 1.29 is 9.84 Å². The highest BCUT2D eigenvalue weighted by molar-refractivity contribution is 5.95. The number of morpholine rings is 1. The van der Waals surface area contributed by atoms with Crippen molar-refractivity contribution >= 4 is 17.1 Å². The summed E-state index contributed by atoms with van der Waals surface area (Å²) in [5.74, 6) is 0.710. The summed E-state index contributed by atoms with van der Waals surface area (Å²) in [6, 6.07) is 19.6. The first-order valence-electron chi connectivity index (χ1n) is 13.5. The van der Waals surface area contributed by atoms with E-state index in [2.05, 4.69) is 95.5 Å². The molecule has 0 radical (unpaired) electrons. The fourth-order valence-electron chi connectivity index (χ4n) is 6.15. The second-order valence-electron chi connectivity index (χ2n) is 10.5. The van der Waals surface area contributed by atoms with Gasteiger partial charge in [0, 0.05) is 50.9 Å². The molecule has 36 heavy (non-hydrogen) atoms. The lowest BCUT2D eigenvalue weighted by Gasteiger charge is -2.34. The molecule has 7 nitrogen and oxygen atoms in total. The van der Waals surface area contributed by atoms with Gasteiger partial charge in [-0.2, -0.15) is 5.10 Å². The SMILES string of the molecule is CC1=NN(c2ccccc2)[C@@H](C)[C@@H](C)[C@H]2c3ccccc3N(CC(O)CNCCN3CCOCC3)C12. The summed E-state index contributed by atoms with van der Waals surface area (Å²) in [7, 11) is 0. The van der Waals surface area contributed by atoms with Gasteiger partial charge in [0.25, 0.3) is 0 Å². The number of aliphatic hydroxyl groups excluding tert-OH is 1. The van der Waals surface area contributed by atoms with Crippen LogP contribution in [-0.4, -0.2) is 86.4 Å². The Morgan fingerprint density at radius 3 is 2.56 bits per heavy atom. The van der Waals surface area contributed by atoms with E-state index in [0.717, 1.165) is 50.8 Å². The fraction of sp³-hybridized carbons (Fsp3) is 0.552. The van der Waals surface area contributed by atoms with Crippen LogP contribution in [0.5, 0.6) is 0 Å². The zero-order valence-corrected chi connectivity index (χ0v) is 21.9. The molecule has 2 N–H and O–H groups in total. The van der Waals surface area contributed by atoms with Crippen LogP contribution in [0.3, 0.4) is 0 Å².